The minimum atomic E-state index is -0.386. The molecular weight excluding hydrogens is 384 g/mol. The van der Waals surface area contributed by atoms with Crippen LogP contribution in [0.25, 0.3) is 0 Å². The summed E-state index contributed by atoms with van der Waals surface area (Å²) >= 11 is 0. The van der Waals surface area contributed by atoms with Crippen molar-refractivity contribution in [3.63, 3.8) is 0 Å². The number of carbonyl (C=O) groups is 1. The van der Waals surface area contributed by atoms with Crippen LogP contribution in [0.5, 0.6) is 23.0 Å². The van der Waals surface area contributed by atoms with E-state index < -0.39 is 0 Å². The van der Waals surface area contributed by atoms with Crippen LogP contribution >= 0.6 is 0 Å². The van der Waals surface area contributed by atoms with E-state index in [1.165, 1.54) is 0 Å². The van der Waals surface area contributed by atoms with Gasteiger partial charge >= 0.3 is 6.03 Å². The van der Waals surface area contributed by atoms with E-state index in [2.05, 4.69) is 10.6 Å². The Hall–Kier alpha value is -3.71. The maximum absolute atomic E-state index is 12.4. The first-order valence-electron chi connectivity index (χ1n) is 9.38. The van der Waals surface area contributed by atoms with Crippen molar-refractivity contribution in [2.45, 2.75) is 0 Å². The van der Waals surface area contributed by atoms with Gasteiger partial charge < -0.3 is 29.6 Å². The van der Waals surface area contributed by atoms with E-state index in [1.54, 1.807) is 56.7 Å². The number of methoxy groups -OCH3 is 2. The van der Waals surface area contributed by atoms with Crippen LogP contribution in [0.2, 0.25) is 0 Å². The average Bonchev–Trinajstić information content (AvgIpc) is 2.76. The minimum absolute atomic E-state index is 0.348. The summed E-state index contributed by atoms with van der Waals surface area (Å²) < 4.78 is 21.9. The van der Waals surface area contributed by atoms with Crippen molar-refractivity contribution in [2.24, 2.45) is 0 Å². The molecule has 156 valence electrons. The summed E-state index contributed by atoms with van der Waals surface area (Å²) in [5.41, 5.74) is 1.18. The number of nitrogens with one attached hydrogen (secondary N) is 2. The number of ether oxygens (including phenoxy) is 4. The van der Waals surface area contributed by atoms with E-state index in [1.807, 2.05) is 30.3 Å². The first-order chi connectivity index (χ1) is 14.7. The number of carbonyl (C=O) groups excluding carboxylic acids is 1. The molecule has 0 radical (unpaired) electrons. The molecule has 0 saturated carbocycles. The number of amides is 2. The molecule has 0 atom stereocenters. The van der Waals surface area contributed by atoms with Crippen molar-refractivity contribution in [3.05, 3.63) is 72.8 Å². The first kappa shape index (κ1) is 21.0. The Balaban J connectivity index is 1.72. The molecule has 0 aliphatic heterocycles. The molecule has 0 spiro atoms. The van der Waals surface area contributed by atoms with E-state index in [0.717, 1.165) is 0 Å². The molecule has 3 aromatic carbocycles. The molecule has 2 amide bonds. The number of urea groups is 1. The minimum Gasteiger partial charge on any atom is -0.497 e. The van der Waals surface area contributed by atoms with E-state index in [-0.39, 0.29) is 6.03 Å². The highest BCUT2D eigenvalue weighted by Gasteiger charge is 2.11. The van der Waals surface area contributed by atoms with Gasteiger partial charge in [-0.2, -0.15) is 0 Å². The van der Waals surface area contributed by atoms with Crippen LogP contribution in [0, 0.1) is 0 Å². The molecule has 0 bridgehead atoms. The molecule has 0 saturated heterocycles. The second-order valence-corrected chi connectivity index (χ2v) is 6.23. The SMILES string of the molecule is COCCOc1cc(NC(=O)Nc2cccc(OC)c2)ccc1Oc1ccccc1. The molecule has 7 heteroatoms. The lowest BCUT2D eigenvalue weighted by molar-refractivity contribution is 0.144. The molecule has 0 unspecified atom stereocenters. The molecule has 3 aromatic rings. The van der Waals surface area contributed by atoms with Gasteiger partial charge in [-0.1, -0.05) is 24.3 Å². The Kier molecular flexibility index (Phi) is 7.51. The monoisotopic (exact) mass is 408 g/mol. The molecule has 2 N–H and O–H groups in total. The number of hydrogen-bond donors (Lipinski definition) is 2. The Morgan fingerprint density at radius 3 is 2.23 bits per heavy atom. The van der Waals surface area contributed by atoms with Crippen molar-refractivity contribution in [3.8, 4) is 23.0 Å². The predicted molar refractivity (Wildman–Crippen MR) is 116 cm³/mol. The van der Waals surface area contributed by atoms with Crippen molar-refractivity contribution >= 4 is 17.4 Å². The van der Waals surface area contributed by atoms with Gasteiger partial charge in [-0.3, -0.25) is 0 Å². The topological polar surface area (TPSA) is 78.1 Å². The van der Waals surface area contributed by atoms with E-state index in [4.69, 9.17) is 18.9 Å². The number of hydrogen-bond acceptors (Lipinski definition) is 5. The van der Waals surface area contributed by atoms with Crippen LogP contribution in [0.3, 0.4) is 0 Å². The van der Waals surface area contributed by atoms with Gasteiger partial charge in [-0.15, -0.1) is 0 Å². The summed E-state index contributed by atoms with van der Waals surface area (Å²) in [5, 5.41) is 5.56. The van der Waals surface area contributed by atoms with Crippen LogP contribution in [0.1, 0.15) is 0 Å². The first-order valence-corrected chi connectivity index (χ1v) is 9.38. The molecule has 30 heavy (non-hydrogen) atoms. The fraction of sp³-hybridized carbons (Fsp3) is 0.174. The number of benzene rings is 3. The van der Waals surface area contributed by atoms with Gasteiger partial charge in [-0.25, -0.2) is 4.79 Å². The smallest absolute Gasteiger partial charge is 0.323 e. The van der Waals surface area contributed by atoms with Gasteiger partial charge in [0.1, 0.15) is 18.1 Å². The summed E-state index contributed by atoms with van der Waals surface area (Å²) in [6.45, 7) is 0.778. The maximum atomic E-state index is 12.4. The summed E-state index contributed by atoms with van der Waals surface area (Å²) in [6.07, 6.45) is 0. The van der Waals surface area contributed by atoms with E-state index >= 15 is 0 Å². The molecule has 0 heterocycles. The molecular formula is C23H24N2O5. The summed E-state index contributed by atoms with van der Waals surface area (Å²) in [6, 6.07) is 21.3. The van der Waals surface area contributed by atoms with Gasteiger partial charge in [0.25, 0.3) is 0 Å². The lowest BCUT2D eigenvalue weighted by Gasteiger charge is -2.15. The summed E-state index contributed by atoms with van der Waals surface area (Å²) in [7, 11) is 3.18. The lowest BCUT2D eigenvalue weighted by Crippen LogP contribution is -2.19. The molecule has 0 aliphatic rings. The fourth-order valence-corrected chi connectivity index (χ4v) is 2.63. The Morgan fingerprint density at radius 1 is 0.767 bits per heavy atom. The zero-order valence-corrected chi connectivity index (χ0v) is 16.9. The Morgan fingerprint density at radius 2 is 1.50 bits per heavy atom. The third kappa shape index (κ3) is 6.15. The van der Waals surface area contributed by atoms with Gasteiger partial charge in [-0.05, 0) is 36.4 Å². The van der Waals surface area contributed by atoms with Crippen LogP contribution in [-0.4, -0.2) is 33.5 Å². The standard InChI is InChI=1S/C23H24N2O5/c1-27-13-14-29-22-16-18(11-12-21(22)30-19-8-4-3-5-9-19)25-23(26)24-17-7-6-10-20(15-17)28-2/h3-12,15-16H,13-14H2,1-2H3,(H2,24,25,26). The van der Waals surface area contributed by atoms with Gasteiger partial charge in [0.05, 0.1) is 13.7 Å². The van der Waals surface area contributed by atoms with Crippen molar-refractivity contribution in [2.75, 3.05) is 38.1 Å². The van der Waals surface area contributed by atoms with Crippen LogP contribution in [-0.2, 0) is 4.74 Å². The Labute approximate surface area is 175 Å². The highest BCUT2D eigenvalue weighted by Crippen LogP contribution is 2.34. The van der Waals surface area contributed by atoms with E-state index in [9.17, 15) is 4.79 Å². The summed E-state index contributed by atoms with van der Waals surface area (Å²) in [4.78, 5) is 12.4. The van der Waals surface area contributed by atoms with Crippen LogP contribution in [0.15, 0.2) is 72.8 Å². The van der Waals surface area contributed by atoms with Crippen LogP contribution < -0.4 is 24.8 Å². The molecule has 0 aliphatic carbocycles. The van der Waals surface area contributed by atoms with E-state index in [0.29, 0.717) is 47.6 Å². The second kappa shape index (κ2) is 10.7. The van der Waals surface area contributed by atoms with Crippen molar-refractivity contribution < 1.29 is 23.7 Å². The van der Waals surface area contributed by atoms with Crippen LogP contribution in [0.4, 0.5) is 16.2 Å². The van der Waals surface area contributed by atoms with Gasteiger partial charge in [0, 0.05) is 30.6 Å². The zero-order valence-electron chi connectivity index (χ0n) is 16.9. The predicted octanol–water partition coefficient (Wildman–Crippen LogP) is 5.16. The largest absolute Gasteiger partial charge is 0.497 e. The number of anilines is 2. The van der Waals surface area contributed by atoms with Gasteiger partial charge in [0.15, 0.2) is 11.5 Å². The molecule has 0 fully saturated rings. The third-order valence-corrected chi connectivity index (χ3v) is 4.05. The molecule has 0 aromatic heterocycles. The highest BCUT2D eigenvalue weighted by atomic mass is 16.5. The van der Waals surface area contributed by atoms with Crippen molar-refractivity contribution in [1.29, 1.82) is 0 Å². The Bertz CT molecular complexity index is 963. The fourth-order valence-electron chi connectivity index (χ4n) is 2.63. The number of para-hydroxylation sites is 1. The quantitative estimate of drug-likeness (QED) is 0.479. The molecule has 7 nitrogen and oxygen atoms in total. The lowest BCUT2D eigenvalue weighted by atomic mass is 10.2. The summed E-state index contributed by atoms with van der Waals surface area (Å²) in [5.74, 6) is 2.38. The third-order valence-electron chi connectivity index (χ3n) is 4.05. The number of rotatable bonds is 9. The second-order valence-electron chi connectivity index (χ2n) is 6.23. The van der Waals surface area contributed by atoms with Crippen molar-refractivity contribution in [1.82, 2.24) is 0 Å². The van der Waals surface area contributed by atoms with Gasteiger partial charge in [0.2, 0.25) is 0 Å². The average molecular weight is 408 g/mol. The highest BCUT2D eigenvalue weighted by molar-refractivity contribution is 6.00. The zero-order chi connectivity index (χ0) is 21.2. The maximum Gasteiger partial charge on any atom is 0.323 e. The molecule has 3 rings (SSSR count). The normalized spacial score (nSPS) is 10.2.